The molecule has 0 aliphatic carbocycles. The Hall–Kier alpha value is -2.26. The maximum atomic E-state index is 8.70. The normalized spacial score (nSPS) is 15.1. The summed E-state index contributed by atoms with van der Waals surface area (Å²) in [5, 5.41) is 17.4. The summed E-state index contributed by atoms with van der Waals surface area (Å²) in [6.45, 7) is 4.08. The Morgan fingerprint density at radius 3 is 2.71 bits per heavy atom. The molecule has 0 unspecified atom stereocenters. The van der Waals surface area contributed by atoms with Gasteiger partial charge < -0.3 is 4.74 Å². The SMILES string of the molecule is CC1(C)Cc2cc(C=C(C#N)C#N)ccc2O1. The Labute approximate surface area is 101 Å². The van der Waals surface area contributed by atoms with Gasteiger partial charge in [0.1, 0.15) is 29.1 Å². The van der Waals surface area contributed by atoms with Crippen LogP contribution in [-0.2, 0) is 6.42 Å². The van der Waals surface area contributed by atoms with Gasteiger partial charge in [-0.15, -0.1) is 0 Å². The largest absolute Gasteiger partial charge is 0.487 e. The lowest BCUT2D eigenvalue weighted by Gasteiger charge is -2.16. The molecule has 2 rings (SSSR count). The molecule has 0 saturated carbocycles. The minimum Gasteiger partial charge on any atom is -0.487 e. The Bertz CT molecular complexity index is 555. The van der Waals surface area contributed by atoms with Crippen molar-refractivity contribution in [3.05, 3.63) is 34.9 Å². The predicted octanol–water partition coefficient (Wildman–Crippen LogP) is 2.83. The van der Waals surface area contributed by atoms with Crippen LogP contribution in [0.3, 0.4) is 0 Å². The van der Waals surface area contributed by atoms with Crippen molar-refractivity contribution in [2.45, 2.75) is 25.9 Å². The first-order chi connectivity index (χ1) is 8.04. The highest BCUT2D eigenvalue weighted by molar-refractivity contribution is 5.63. The first kappa shape index (κ1) is 11.2. The third kappa shape index (κ3) is 2.29. The maximum absolute atomic E-state index is 8.70. The summed E-state index contributed by atoms with van der Waals surface area (Å²) >= 11 is 0. The van der Waals surface area contributed by atoms with E-state index in [1.807, 2.05) is 44.2 Å². The summed E-state index contributed by atoms with van der Waals surface area (Å²) in [5.74, 6) is 0.891. The molecule has 0 amide bonds. The zero-order valence-electron chi connectivity index (χ0n) is 9.82. The van der Waals surface area contributed by atoms with Gasteiger partial charge in [-0.2, -0.15) is 10.5 Å². The van der Waals surface area contributed by atoms with Crippen LogP contribution in [0.1, 0.15) is 25.0 Å². The molecule has 1 heterocycles. The summed E-state index contributed by atoms with van der Waals surface area (Å²) in [4.78, 5) is 0. The van der Waals surface area contributed by atoms with Crippen LogP contribution in [0.15, 0.2) is 23.8 Å². The number of hydrogen-bond donors (Lipinski definition) is 0. The van der Waals surface area contributed by atoms with Gasteiger partial charge >= 0.3 is 0 Å². The lowest BCUT2D eigenvalue weighted by Crippen LogP contribution is -2.24. The number of allylic oxidation sites excluding steroid dienone is 1. The van der Waals surface area contributed by atoms with E-state index in [2.05, 4.69) is 0 Å². The molecule has 0 bridgehead atoms. The second-order valence-electron chi connectivity index (χ2n) is 4.69. The summed E-state index contributed by atoms with van der Waals surface area (Å²) < 4.78 is 5.76. The fourth-order valence-electron chi connectivity index (χ4n) is 1.98. The van der Waals surface area contributed by atoms with Crippen LogP contribution in [-0.4, -0.2) is 5.60 Å². The molecule has 84 valence electrons. The maximum Gasteiger partial charge on any atom is 0.130 e. The Morgan fingerprint density at radius 2 is 2.06 bits per heavy atom. The van der Waals surface area contributed by atoms with Gasteiger partial charge in [0.05, 0.1) is 0 Å². The highest BCUT2D eigenvalue weighted by atomic mass is 16.5. The first-order valence-electron chi connectivity index (χ1n) is 5.38. The van der Waals surface area contributed by atoms with E-state index in [0.717, 1.165) is 23.3 Å². The lowest BCUT2D eigenvalue weighted by atomic mass is 10.00. The molecular formula is C14H12N2O. The predicted molar refractivity (Wildman–Crippen MR) is 64.1 cm³/mol. The molecule has 0 atom stereocenters. The molecule has 1 aliphatic rings. The highest BCUT2D eigenvalue weighted by Gasteiger charge is 2.29. The quantitative estimate of drug-likeness (QED) is 0.689. The van der Waals surface area contributed by atoms with Gasteiger partial charge in [-0.05, 0) is 43.2 Å². The van der Waals surface area contributed by atoms with Crippen molar-refractivity contribution in [1.82, 2.24) is 0 Å². The summed E-state index contributed by atoms with van der Waals surface area (Å²) in [6.07, 6.45) is 2.43. The summed E-state index contributed by atoms with van der Waals surface area (Å²) in [7, 11) is 0. The minimum atomic E-state index is -0.169. The summed E-state index contributed by atoms with van der Waals surface area (Å²) in [5.41, 5.74) is 1.93. The first-order valence-corrected chi connectivity index (χ1v) is 5.38. The van der Waals surface area contributed by atoms with Crippen LogP contribution in [0.2, 0.25) is 0 Å². The topological polar surface area (TPSA) is 56.8 Å². The van der Waals surface area contributed by atoms with E-state index in [0.29, 0.717) is 0 Å². The summed E-state index contributed by atoms with van der Waals surface area (Å²) in [6, 6.07) is 9.42. The fourth-order valence-corrected chi connectivity index (χ4v) is 1.98. The van der Waals surface area contributed by atoms with Gasteiger partial charge in [0.25, 0.3) is 0 Å². The second kappa shape index (κ2) is 3.96. The number of fused-ring (bicyclic) bond motifs is 1. The number of nitrogens with zero attached hydrogens (tertiary/aromatic N) is 2. The minimum absolute atomic E-state index is 0.114. The number of hydrogen-bond acceptors (Lipinski definition) is 3. The van der Waals surface area contributed by atoms with E-state index in [1.165, 1.54) is 0 Å². The van der Waals surface area contributed by atoms with Gasteiger partial charge in [-0.25, -0.2) is 0 Å². The van der Waals surface area contributed by atoms with E-state index in [1.54, 1.807) is 6.08 Å². The van der Waals surface area contributed by atoms with Crippen molar-refractivity contribution in [2.24, 2.45) is 0 Å². The molecule has 0 spiro atoms. The van der Waals surface area contributed by atoms with Crippen LogP contribution < -0.4 is 4.74 Å². The number of rotatable bonds is 1. The molecule has 0 radical (unpaired) electrons. The second-order valence-corrected chi connectivity index (χ2v) is 4.69. The Balaban J connectivity index is 2.36. The molecule has 0 N–H and O–H groups in total. The van der Waals surface area contributed by atoms with E-state index in [9.17, 15) is 0 Å². The van der Waals surface area contributed by atoms with E-state index < -0.39 is 0 Å². The molecule has 17 heavy (non-hydrogen) atoms. The third-order valence-electron chi connectivity index (χ3n) is 2.64. The average molecular weight is 224 g/mol. The Morgan fingerprint density at radius 1 is 1.35 bits per heavy atom. The van der Waals surface area contributed by atoms with Gasteiger partial charge in [-0.1, -0.05) is 6.07 Å². The van der Waals surface area contributed by atoms with Crippen LogP contribution >= 0.6 is 0 Å². The lowest BCUT2D eigenvalue weighted by molar-refractivity contribution is 0.138. The third-order valence-corrected chi connectivity index (χ3v) is 2.64. The zero-order chi connectivity index (χ0) is 12.5. The van der Waals surface area contributed by atoms with E-state index in [-0.39, 0.29) is 11.2 Å². The number of nitriles is 2. The average Bonchev–Trinajstić information content (AvgIpc) is 2.58. The molecule has 3 nitrogen and oxygen atoms in total. The van der Waals surface area contributed by atoms with Crippen LogP contribution in [0.4, 0.5) is 0 Å². The monoisotopic (exact) mass is 224 g/mol. The Kier molecular flexibility index (Phi) is 2.61. The van der Waals surface area contributed by atoms with Gasteiger partial charge in [0.15, 0.2) is 0 Å². The fraction of sp³-hybridized carbons (Fsp3) is 0.286. The number of benzene rings is 1. The number of ether oxygens (including phenoxy) is 1. The molecular weight excluding hydrogens is 212 g/mol. The van der Waals surface area contributed by atoms with Crippen molar-refractivity contribution < 1.29 is 4.74 Å². The van der Waals surface area contributed by atoms with Crippen LogP contribution in [0.5, 0.6) is 5.75 Å². The standard InChI is InChI=1S/C14H12N2O/c1-14(2)7-12-6-10(3-4-13(12)17-14)5-11(8-15)9-16/h3-6H,7H2,1-2H3. The van der Waals surface area contributed by atoms with Crippen LogP contribution in [0.25, 0.3) is 6.08 Å². The molecule has 1 aromatic rings. The molecule has 0 aromatic heterocycles. The molecule has 0 saturated heterocycles. The van der Waals surface area contributed by atoms with Crippen molar-refractivity contribution in [2.75, 3.05) is 0 Å². The van der Waals surface area contributed by atoms with Gasteiger partial charge in [-0.3, -0.25) is 0 Å². The van der Waals surface area contributed by atoms with Crippen molar-refractivity contribution in [1.29, 1.82) is 10.5 Å². The molecule has 3 heteroatoms. The zero-order valence-corrected chi connectivity index (χ0v) is 9.82. The van der Waals surface area contributed by atoms with Gasteiger partial charge in [0, 0.05) is 6.42 Å². The molecule has 0 fully saturated rings. The van der Waals surface area contributed by atoms with Crippen LogP contribution in [0, 0.1) is 22.7 Å². The molecule has 1 aliphatic heterocycles. The van der Waals surface area contributed by atoms with E-state index >= 15 is 0 Å². The molecule has 1 aromatic carbocycles. The van der Waals surface area contributed by atoms with Crippen molar-refractivity contribution in [3.63, 3.8) is 0 Å². The smallest absolute Gasteiger partial charge is 0.130 e. The van der Waals surface area contributed by atoms with E-state index in [4.69, 9.17) is 15.3 Å². The van der Waals surface area contributed by atoms with Crippen molar-refractivity contribution >= 4 is 6.08 Å². The van der Waals surface area contributed by atoms with Crippen molar-refractivity contribution in [3.8, 4) is 17.9 Å². The highest BCUT2D eigenvalue weighted by Crippen LogP contribution is 2.35. The van der Waals surface area contributed by atoms with Gasteiger partial charge in [0.2, 0.25) is 0 Å².